The Labute approximate surface area is 397 Å². The number of unbranched alkanes of at least 4 members (excludes halogenated alkanes) is 3. The molecule has 0 spiro atoms. The van der Waals surface area contributed by atoms with Gasteiger partial charge in [0, 0.05) is 37.1 Å². The van der Waals surface area contributed by atoms with E-state index in [4.69, 9.17) is 10.5 Å². The number of phosphoric ester groups is 3. The Morgan fingerprint density at radius 1 is 0.956 bits per heavy atom. The number of thioether (sulfide) groups is 1. The average molecular weight is 1040 g/mol. The minimum absolute atomic E-state index is 0.0264. The van der Waals surface area contributed by atoms with Crippen molar-refractivity contribution < 1.29 is 85.6 Å². The fourth-order valence-electron chi connectivity index (χ4n) is 6.20. The molecule has 3 heterocycles. The molecule has 7 N–H and O–H groups in total. The number of nitrogens with zero attached hydrogens (tertiary/aromatic N) is 4. The molecule has 2 unspecified atom stereocenters. The molecule has 1 aliphatic rings. The maximum absolute atomic E-state index is 12.6. The number of nitrogen functional groups attached to an aromatic ring is 1. The summed E-state index contributed by atoms with van der Waals surface area (Å²) in [7, 11) is -17.7. The largest absolute Gasteiger partial charge is 0.790 e. The molecule has 3 rings (SSSR count). The first-order valence-electron chi connectivity index (χ1n) is 21.6. The molecule has 8 atom stereocenters. The Kier molecular flexibility index (Phi) is 24.8. The summed E-state index contributed by atoms with van der Waals surface area (Å²) in [6, 6.07) is 0. The van der Waals surface area contributed by atoms with E-state index in [1.807, 2.05) is 12.2 Å². The van der Waals surface area contributed by atoms with E-state index in [2.05, 4.69) is 74.7 Å². The molecule has 384 valence electrons. The number of anilines is 1. The van der Waals surface area contributed by atoms with E-state index in [1.54, 1.807) is 0 Å². The third-order valence-electron chi connectivity index (χ3n) is 9.83. The molecule has 68 heavy (non-hydrogen) atoms. The third kappa shape index (κ3) is 21.4. The van der Waals surface area contributed by atoms with Crippen LogP contribution in [0.4, 0.5) is 5.82 Å². The van der Waals surface area contributed by atoms with Crippen molar-refractivity contribution >= 4 is 69.1 Å². The number of hydrogen-bond donors (Lipinski definition) is 6. The molecule has 0 bridgehead atoms. The zero-order chi connectivity index (χ0) is 50.5. The van der Waals surface area contributed by atoms with Gasteiger partial charge in [-0.15, -0.1) is 0 Å². The molecule has 2 aromatic rings. The molecule has 25 nitrogen and oxygen atoms in total. The summed E-state index contributed by atoms with van der Waals surface area (Å²) < 4.78 is 60.8. The van der Waals surface area contributed by atoms with Crippen LogP contribution < -0.4 is 35.9 Å². The summed E-state index contributed by atoms with van der Waals surface area (Å²) in [6.07, 6.45) is 11.5. The highest BCUT2D eigenvalue weighted by molar-refractivity contribution is 8.13. The summed E-state index contributed by atoms with van der Waals surface area (Å²) in [6.45, 7) is 2.13. The number of nitrogens with one attached hydrogen (secondary N) is 2. The van der Waals surface area contributed by atoms with E-state index in [0.717, 1.165) is 48.2 Å². The van der Waals surface area contributed by atoms with Crippen LogP contribution in [0.2, 0.25) is 0 Å². The SMILES string of the molecule is CCCCC/C=C\C/C=C\C/C=C\CC[C@H](O)CC(=O)SCCNC(=O)CCNC(=O)[C@H](O)C(C)(C)COP(=O)([O-])OP(=O)([O-])OC[C@H]1O[C@@H](n2cnc3c(N)ncnc32)[C@H](O)[C@@H]1OP(=O)([O-])[O-]. The lowest BCUT2D eigenvalue weighted by Crippen LogP contribution is -2.46. The Hall–Kier alpha value is -3.26. The maximum Gasteiger partial charge on any atom is 0.274 e. The molecule has 29 heteroatoms. The number of hydrogen-bond acceptors (Lipinski definition) is 23. The smallest absolute Gasteiger partial charge is 0.274 e. The van der Waals surface area contributed by atoms with Gasteiger partial charge >= 0.3 is 0 Å². The van der Waals surface area contributed by atoms with Crippen LogP contribution in [-0.2, 0) is 50.7 Å². The number of imidazole rings is 1. The lowest BCUT2D eigenvalue weighted by atomic mass is 9.87. The minimum Gasteiger partial charge on any atom is -0.790 e. The minimum atomic E-state index is -5.93. The van der Waals surface area contributed by atoms with Crippen LogP contribution in [0.25, 0.3) is 11.2 Å². The third-order valence-corrected chi connectivity index (χ3v) is 13.7. The highest BCUT2D eigenvalue weighted by atomic mass is 32.2. The molecule has 0 aliphatic carbocycles. The van der Waals surface area contributed by atoms with Crippen molar-refractivity contribution in [3.63, 3.8) is 0 Å². The molecule has 2 aromatic heterocycles. The monoisotopic (exact) mass is 1040 g/mol. The zero-order valence-corrected chi connectivity index (χ0v) is 41.3. The maximum atomic E-state index is 12.6. The van der Waals surface area contributed by atoms with Crippen LogP contribution in [0.1, 0.15) is 91.2 Å². The van der Waals surface area contributed by atoms with Crippen molar-refractivity contribution in [2.24, 2.45) is 5.41 Å². The van der Waals surface area contributed by atoms with E-state index in [-0.39, 0.29) is 53.8 Å². The van der Waals surface area contributed by atoms with Crippen LogP contribution in [0.3, 0.4) is 0 Å². The molecular formula is C39H60N7O18P3S-4. The highest BCUT2D eigenvalue weighted by Gasteiger charge is 2.47. The fraction of sp³-hybridized carbons (Fsp3) is 0.641. The van der Waals surface area contributed by atoms with E-state index >= 15 is 0 Å². The molecule has 2 amide bonds. The first kappa shape index (κ1) is 59.1. The van der Waals surface area contributed by atoms with Gasteiger partial charge in [0.05, 0.1) is 33.5 Å². The van der Waals surface area contributed by atoms with Crippen LogP contribution in [-0.4, -0.2) is 114 Å². The number of carbonyl (C=O) groups excluding carboxylic acids is 3. The zero-order valence-electron chi connectivity index (χ0n) is 37.8. The van der Waals surface area contributed by atoms with Gasteiger partial charge in [-0.05, 0) is 38.5 Å². The number of aliphatic hydroxyl groups excluding tert-OH is 3. The van der Waals surface area contributed by atoms with Gasteiger partial charge in [-0.25, -0.2) is 19.3 Å². The lowest BCUT2D eigenvalue weighted by molar-refractivity contribution is -0.347. The summed E-state index contributed by atoms with van der Waals surface area (Å²) >= 11 is 0.956. The predicted octanol–water partition coefficient (Wildman–Crippen LogP) is 0.697. The summed E-state index contributed by atoms with van der Waals surface area (Å²) in [5.41, 5.74) is 4.05. The number of aliphatic hydroxyl groups is 3. The summed E-state index contributed by atoms with van der Waals surface area (Å²) in [5.74, 6) is -1.38. The number of carbonyl (C=O) groups is 3. The average Bonchev–Trinajstić information content (AvgIpc) is 3.82. The first-order chi connectivity index (χ1) is 31.9. The fourth-order valence-corrected chi connectivity index (χ4v) is 9.68. The quantitative estimate of drug-likeness (QED) is 0.0333. The van der Waals surface area contributed by atoms with Crippen molar-refractivity contribution in [1.29, 1.82) is 0 Å². The first-order valence-corrected chi connectivity index (χ1v) is 26.9. The van der Waals surface area contributed by atoms with Gasteiger partial charge in [0.25, 0.3) is 15.6 Å². The number of allylic oxidation sites excluding steroid dienone is 6. The van der Waals surface area contributed by atoms with Crippen molar-refractivity contribution in [3.05, 3.63) is 49.1 Å². The number of phosphoric acid groups is 3. The van der Waals surface area contributed by atoms with E-state index in [0.29, 0.717) is 12.8 Å². The van der Waals surface area contributed by atoms with E-state index in [1.165, 1.54) is 33.1 Å². The highest BCUT2D eigenvalue weighted by Crippen LogP contribution is 2.56. The summed E-state index contributed by atoms with van der Waals surface area (Å²) in [4.78, 5) is 96.8. The molecule has 1 saturated heterocycles. The van der Waals surface area contributed by atoms with Gasteiger partial charge in [0.1, 0.15) is 36.3 Å². The Morgan fingerprint density at radius 2 is 1.62 bits per heavy atom. The number of fused-ring (bicyclic) bond motifs is 1. The second-order valence-electron chi connectivity index (χ2n) is 16.0. The van der Waals surface area contributed by atoms with E-state index in [9.17, 15) is 63.0 Å². The second kappa shape index (κ2) is 28.6. The molecule has 1 fully saturated rings. The van der Waals surface area contributed by atoms with Crippen molar-refractivity contribution in [2.45, 2.75) is 122 Å². The molecule has 0 saturated carbocycles. The van der Waals surface area contributed by atoms with Crippen LogP contribution in [0.15, 0.2) is 49.1 Å². The van der Waals surface area contributed by atoms with Crippen LogP contribution in [0, 0.1) is 5.41 Å². The lowest BCUT2D eigenvalue weighted by Gasteiger charge is -2.36. The number of nitrogens with two attached hydrogens (primary N) is 1. The van der Waals surface area contributed by atoms with Gasteiger partial charge in [0.2, 0.25) is 11.8 Å². The van der Waals surface area contributed by atoms with Gasteiger partial charge in [0.15, 0.2) is 22.8 Å². The van der Waals surface area contributed by atoms with Crippen molar-refractivity contribution in [3.8, 4) is 0 Å². The Balaban J connectivity index is 1.33. The molecule has 0 radical (unpaired) electrons. The predicted molar refractivity (Wildman–Crippen MR) is 239 cm³/mol. The van der Waals surface area contributed by atoms with Gasteiger partial charge in [-0.3, -0.25) is 28.1 Å². The molecule has 0 aromatic carbocycles. The number of amides is 2. The second-order valence-corrected chi connectivity index (χ2v) is 21.2. The van der Waals surface area contributed by atoms with Gasteiger partial charge in [-0.2, -0.15) is 0 Å². The number of aromatic nitrogens is 4. The number of ether oxygens (including phenoxy) is 1. The van der Waals surface area contributed by atoms with Crippen molar-refractivity contribution in [2.75, 3.05) is 37.8 Å². The molecular weight excluding hydrogens is 979 g/mol. The standard InChI is InChI=1S/C39H64N7O18P3S/c1-4-5-6-7-8-9-10-11-12-13-14-15-16-17-27(47)22-30(49)68-21-20-41-29(48)18-19-42-37(52)34(51)39(2,3)24-61-67(58,59)64-66(56,57)60-23-28-33(63-65(53,54)55)32(50)38(62-28)46-26-45-31-35(40)43-25-44-36(31)46/h8-9,11-12,14-15,25-28,32-34,38,47,50-51H,4-7,10,13,16-24H2,1-3H3,(H,41,48)(H,42,52)(H,56,57)(H,58,59)(H2,40,43,44)(H2,53,54,55)/p-4/b9-8-,12-11-,15-14-/t27-,28+,32+,33+,34-,38+/m0/s1. The van der Waals surface area contributed by atoms with Crippen molar-refractivity contribution in [1.82, 2.24) is 30.2 Å². The topological polar surface area (TPSA) is 395 Å². The summed E-state index contributed by atoms with van der Waals surface area (Å²) in [5, 5.41) is 36.3. The Morgan fingerprint density at radius 3 is 2.29 bits per heavy atom. The number of rotatable bonds is 32. The van der Waals surface area contributed by atoms with E-state index < -0.39 is 90.7 Å². The Bertz CT molecular complexity index is 2180. The normalized spacial score (nSPS) is 20.8. The van der Waals surface area contributed by atoms with Gasteiger partial charge < -0.3 is 74.1 Å². The van der Waals surface area contributed by atoms with Crippen LogP contribution >= 0.6 is 35.2 Å². The molecule has 1 aliphatic heterocycles. The van der Waals surface area contributed by atoms with Gasteiger partial charge in [-0.1, -0.05) is 81.8 Å². The van der Waals surface area contributed by atoms with Crippen LogP contribution in [0.5, 0.6) is 0 Å².